The van der Waals surface area contributed by atoms with Crippen molar-refractivity contribution in [3.8, 4) is 0 Å². The Morgan fingerprint density at radius 3 is 2.50 bits per heavy atom. The highest BCUT2D eigenvalue weighted by Crippen LogP contribution is 2.20. The Bertz CT molecular complexity index is 677. The fourth-order valence-electron chi connectivity index (χ4n) is 3.00. The van der Waals surface area contributed by atoms with Crippen LogP contribution in [0.1, 0.15) is 24.1 Å². The summed E-state index contributed by atoms with van der Waals surface area (Å²) in [6.45, 7) is 5.51. The predicted octanol–water partition coefficient (Wildman–Crippen LogP) is 3.00. The molecule has 0 unspecified atom stereocenters. The Kier molecular flexibility index (Phi) is 5.39. The van der Waals surface area contributed by atoms with Crippen LogP contribution in [0, 0.1) is 0 Å². The van der Waals surface area contributed by atoms with Crippen molar-refractivity contribution in [3.05, 3.63) is 72.1 Å². The zero-order valence-corrected chi connectivity index (χ0v) is 14.0. The summed E-state index contributed by atoms with van der Waals surface area (Å²) in [5, 5.41) is 0. The molecular formula is C20H23N3O. The maximum absolute atomic E-state index is 12.3. The second-order valence-corrected chi connectivity index (χ2v) is 6.07. The van der Waals surface area contributed by atoms with E-state index in [1.807, 2.05) is 53.6 Å². The lowest BCUT2D eigenvalue weighted by molar-refractivity contribution is -0.127. The number of carbonyl (C=O) groups is 1. The van der Waals surface area contributed by atoms with Gasteiger partial charge >= 0.3 is 0 Å². The molecule has 1 aliphatic rings. The summed E-state index contributed by atoms with van der Waals surface area (Å²) in [4.78, 5) is 20.9. The van der Waals surface area contributed by atoms with Gasteiger partial charge in [-0.25, -0.2) is 0 Å². The fraction of sp³-hybridized carbons (Fsp3) is 0.300. The maximum Gasteiger partial charge on any atom is 0.246 e. The van der Waals surface area contributed by atoms with Gasteiger partial charge in [0.2, 0.25) is 5.91 Å². The number of piperazine rings is 1. The number of rotatable bonds is 4. The molecule has 2 aromatic rings. The quantitative estimate of drug-likeness (QED) is 0.812. The predicted molar refractivity (Wildman–Crippen MR) is 96.3 cm³/mol. The molecule has 0 saturated carbocycles. The minimum atomic E-state index is 0.0903. The zero-order chi connectivity index (χ0) is 16.8. The molecule has 1 atom stereocenters. The van der Waals surface area contributed by atoms with Crippen LogP contribution in [0.4, 0.5) is 0 Å². The third kappa shape index (κ3) is 4.09. The number of hydrogen-bond acceptors (Lipinski definition) is 3. The summed E-state index contributed by atoms with van der Waals surface area (Å²) in [7, 11) is 0. The first kappa shape index (κ1) is 16.4. The van der Waals surface area contributed by atoms with E-state index in [-0.39, 0.29) is 5.91 Å². The van der Waals surface area contributed by atoms with Gasteiger partial charge in [-0.3, -0.25) is 14.7 Å². The van der Waals surface area contributed by atoms with E-state index < -0.39 is 0 Å². The Hall–Kier alpha value is -2.46. The molecule has 3 rings (SSSR count). The molecule has 4 heteroatoms. The molecule has 1 aromatic carbocycles. The number of benzene rings is 1. The molecule has 0 radical (unpaired) electrons. The van der Waals surface area contributed by atoms with E-state index in [0.29, 0.717) is 6.04 Å². The highest BCUT2D eigenvalue weighted by Gasteiger charge is 2.23. The SMILES string of the molecule is C[C@@H](c1cccnc1)N1CCN(C(=O)/C=C/c2ccccc2)CC1. The van der Waals surface area contributed by atoms with Gasteiger partial charge in [0.1, 0.15) is 0 Å². The van der Waals surface area contributed by atoms with E-state index in [1.54, 1.807) is 12.3 Å². The van der Waals surface area contributed by atoms with Crippen LogP contribution in [0.15, 0.2) is 60.9 Å². The summed E-state index contributed by atoms with van der Waals surface area (Å²) in [5.41, 5.74) is 2.27. The van der Waals surface area contributed by atoms with Crippen LogP contribution < -0.4 is 0 Å². The molecule has 0 spiro atoms. The third-order valence-electron chi connectivity index (χ3n) is 4.56. The van der Waals surface area contributed by atoms with Crippen LogP contribution in [0.3, 0.4) is 0 Å². The van der Waals surface area contributed by atoms with E-state index in [1.165, 1.54) is 5.56 Å². The van der Waals surface area contributed by atoms with Crippen molar-refractivity contribution < 1.29 is 4.79 Å². The van der Waals surface area contributed by atoms with Gasteiger partial charge in [0, 0.05) is 50.7 Å². The van der Waals surface area contributed by atoms with Gasteiger partial charge in [-0.1, -0.05) is 36.4 Å². The van der Waals surface area contributed by atoms with Crippen molar-refractivity contribution in [1.82, 2.24) is 14.8 Å². The zero-order valence-electron chi connectivity index (χ0n) is 14.0. The highest BCUT2D eigenvalue weighted by molar-refractivity contribution is 5.91. The molecule has 124 valence electrons. The number of hydrogen-bond donors (Lipinski definition) is 0. The molecule has 1 aromatic heterocycles. The average molecular weight is 321 g/mol. The molecule has 2 heterocycles. The summed E-state index contributed by atoms with van der Waals surface area (Å²) in [6, 6.07) is 14.3. The van der Waals surface area contributed by atoms with E-state index in [0.717, 1.165) is 31.7 Å². The van der Waals surface area contributed by atoms with Gasteiger partial charge in [0.05, 0.1) is 0 Å². The lowest BCUT2D eigenvalue weighted by Gasteiger charge is -2.37. The number of aromatic nitrogens is 1. The van der Waals surface area contributed by atoms with Gasteiger partial charge in [-0.05, 0) is 30.2 Å². The summed E-state index contributed by atoms with van der Waals surface area (Å²) in [6.07, 6.45) is 7.28. The summed E-state index contributed by atoms with van der Waals surface area (Å²) in [5.74, 6) is 0.0903. The second-order valence-electron chi connectivity index (χ2n) is 6.07. The van der Waals surface area contributed by atoms with Crippen LogP contribution in [-0.4, -0.2) is 46.9 Å². The van der Waals surface area contributed by atoms with E-state index in [9.17, 15) is 4.79 Å². The van der Waals surface area contributed by atoms with Gasteiger partial charge in [-0.15, -0.1) is 0 Å². The van der Waals surface area contributed by atoms with Gasteiger partial charge in [0.15, 0.2) is 0 Å². The second kappa shape index (κ2) is 7.88. The minimum absolute atomic E-state index is 0.0903. The first-order valence-electron chi connectivity index (χ1n) is 8.40. The molecule has 24 heavy (non-hydrogen) atoms. The molecule has 1 saturated heterocycles. The topological polar surface area (TPSA) is 36.4 Å². The van der Waals surface area contributed by atoms with Crippen molar-refractivity contribution in [2.24, 2.45) is 0 Å². The standard InChI is InChI=1S/C20H23N3O/c1-17(19-8-5-11-21-16-19)22-12-14-23(15-13-22)20(24)10-9-18-6-3-2-4-7-18/h2-11,16-17H,12-15H2,1H3/b10-9+/t17-/m0/s1. The van der Waals surface area contributed by atoms with Crippen LogP contribution in [-0.2, 0) is 4.79 Å². The van der Waals surface area contributed by atoms with Crippen molar-refractivity contribution in [1.29, 1.82) is 0 Å². The smallest absolute Gasteiger partial charge is 0.246 e. The third-order valence-corrected chi connectivity index (χ3v) is 4.56. The summed E-state index contributed by atoms with van der Waals surface area (Å²) < 4.78 is 0. The first-order chi connectivity index (χ1) is 11.7. The van der Waals surface area contributed by atoms with Crippen LogP contribution >= 0.6 is 0 Å². The fourth-order valence-corrected chi connectivity index (χ4v) is 3.00. The summed E-state index contributed by atoms with van der Waals surface area (Å²) >= 11 is 0. The van der Waals surface area contributed by atoms with Crippen LogP contribution in [0.25, 0.3) is 6.08 Å². The van der Waals surface area contributed by atoms with Crippen molar-refractivity contribution in [2.75, 3.05) is 26.2 Å². The van der Waals surface area contributed by atoms with Crippen molar-refractivity contribution in [2.45, 2.75) is 13.0 Å². The highest BCUT2D eigenvalue weighted by atomic mass is 16.2. The largest absolute Gasteiger partial charge is 0.337 e. The molecular weight excluding hydrogens is 298 g/mol. The van der Waals surface area contributed by atoms with Gasteiger partial charge in [-0.2, -0.15) is 0 Å². The Balaban J connectivity index is 1.53. The number of amides is 1. The Morgan fingerprint density at radius 2 is 1.83 bits per heavy atom. The van der Waals surface area contributed by atoms with Crippen LogP contribution in [0.5, 0.6) is 0 Å². The first-order valence-corrected chi connectivity index (χ1v) is 8.40. The molecule has 1 amide bonds. The molecule has 1 fully saturated rings. The normalized spacial score (nSPS) is 17.1. The Morgan fingerprint density at radius 1 is 1.08 bits per heavy atom. The molecule has 1 aliphatic heterocycles. The van der Waals surface area contributed by atoms with Crippen molar-refractivity contribution in [3.63, 3.8) is 0 Å². The lowest BCUT2D eigenvalue weighted by Crippen LogP contribution is -2.48. The monoisotopic (exact) mass is 321 g/mol. The van der Waals surface area contributed by atoms with Gasteiger partial charge < -0.3 is 4.90 Å². The van der Waals surface area contributed by atoms with E-state index in [4.69, 9.17) is 0 Å². The van der Waals surface area contributed by atoms with E-state index in [2.05, 4.69) is 22.9 Å². The molecule has 0 bridgehead atoms. The van der Waals surface area contributed by atoms with Gasteiger partial charge in [0.25, 0.3) is 0 Å². The number of carbonyl (C=O) groups excluding carboxylic acids is 1. The van der Waals surface area contributed by atoms with E-state index >= 15 is 0 Å². The van der Waals surface area contributed by atoms with Crippen molar-refractivity contribution >= 4 is 12.0 Å². The molecule has 4 nitrogen and oxygen atoms in total. The minimum Gasteiger partial charge on any atom is -0.337 e. The van der Waals surface area contributed by atoms with Crippen LogP contribution in [0.2, 0.25) is 0 Å². The molecule has 0 N–H and O–H groups in total. The average Bonchev–Trinajstić information content (AvgIpc) is 2.67. The number of nitrogens with zero attached hydrogens (tertiary/aromatic N) is 3. The Labute approximate surface area is 143 Å². The number of pyridine rings is 1. The maximum atomic E-state index is 12.3. The lowest BCUT2D eigenvalue weighted by atomic mass is 10.1. The molecule has 0 aliphatic carbocycles.